The molecule has 1 aromatic carbocycles. The average Bonchev–Trinajstić information content (AvgIpc) is 3.12. The minimum absolute atomic E-state index is 0.421. The molecule has 1 fully saturated rings. The second kappa shape index (κ2) is 5.92. The Kier molecular flexibility index (Phi) is 3.83. The van der Waals surface area contributed by atoms with Crippen molar-refractivity contribution >= 4 is 17.4 Å². The van der Waals surface area contributed by atoms with Crippen LogP contribution in [0.3, 0.4) is 0 Å². The van der Waals surface area contributed by atoms with Gasteiger partial charge in [-0.1, -0.05) is 5.10 Å². The molecule has 3 rings (SSSR count). The lowest BCUT2D eigenvalue weighted by atomic mass is 10.2. The fourth-order valence-corrected chi connectivity index (χ4v) is 2.38. The summed E-state index contributed by atoms with van der Waals surface area (Å²) in [5.74, 6) is 0.573. The average molecular weight is 273 g/mol. The zero-order valence-electron chi connectivity index (χ0n) is 11.6. The predicted molar refractivity (Wildman–Crippen MR) is 78.2 cm³/mol. The highest BCUT2D eigenvalue weighted by molar-refractivity contribution is 5.58. The van der Waals surface area contributed by atoms with E-state index in [-0.39, 0.29) is 0 Å². The van der Waals surface area contributed by atoms with Crippen molar-refractivity contribution in [1.29, 1.82) is 0 Å². The van der Waals surface area contributed by atoms with Crippen LogP contribution in [0.4, 0.5) is 17.4 Å². The highest BCUT2D eigenvalue weighted by Gasteiger charge is 2.12. The number of aromatic nitrogens is 2. The fourth-order valence-electron chi connectivity index (χ4n) is 2.38. The van der Waals surface area contributed by atoms with Crippen molar-refractivity contribution in [2.75, 3.05) is 30.4 Å². The van der Waals surface area contributed by atoms with Crippen LogP contribution in [0.1, 0.15) is 18.7 Å². The molecule has 1 aliphatic heterocycles. The highest BCUT2D eigenvalue weighted by Crippen LogP contribution is 2.23. The molecule has 0 unspecified atom stereocenters. The SMILES string of the molecule is CNCc1nnc(Nc2ccc(N3CCCC3)cc2)o1. The first-order chi connectivity index (χ1) is 9.85. The first kappa shape index (κ1) is 12.9. The third-order valence-corrected chi connectivity index (χ3v) is 3.38. The van der Waals surface area contributed by atoms with Gasteiger partial charge in [-0.2, -0.15) is 0 Å². The normalized spacial score (nSPS) is 14.8. The van der Waals surface area contributed by atoms with Gasteiger partial charge < -0.3 is 20.0 Å². The van der Waals surface area contributed by atoms with Crippen LogP contribution in [-0.2, 0) is 6.54 Å². The highest BCUT2D eigenvalue weighted by atomic mass is 16.4. The summed E-state index contributed by atoms with van der Waals surface area (Å²) >= 11 is 0. The minimum atomic E-state index is 0.421. The van der Waals surface area contributed by atoms with E-state index in [4.69, 9.17) is 4.42 Å². The van der Waals surface area contributed by atoms with Crippen molar-refractivity contribution in [3.63, 3.8) is 0 Å². The van der Waals surface area contributed by atoms with Crippen molar-refractivity contribution in [2.24, 2.45) is 0 Å². The lowest BCUT2D eigenvalue weighted by Gasteiger charge is -2.17. The van der Waals surface area contributed by atoms with E-state index in [2.05, 4.69) is 37.9 Å². The summed E-state index contributed by atoms with van der Waals surface area (Å²) in [4.78, 5) is 2.40. The molecule has 0 spiro atoms. The van der Waals surface area contributed by atoms with Gasteiger partial charge in [-0.25, -0.2) is 0 Å². The molecule has 0 aliphatic carbocycles. The zero-order valence-corrected chi connectivity index (χ0v) is 11.6. The molecule has 0 atom stereocenters. The van der Waals surface area contributed by atoms with Crippen molar-refractivity contribution in [3.8, 4) is 0 Å². The summed E-state index contributed by atoms with van der Waals surface area (Å²) in [6.07, 6.45) is 2.58. The van der Waals surface area contributed by atoms with Crippen LogP contribution in [0.5, 0.6) is 0 Å². The first-order valence-corrected chi connectivity index (χ1v) is 6.94. The van der Waals surface area contributed by atoms with Gasteiger partial charge in [0.2, 0.25) is 5.89 Å². The molecule has 0 radical (unpaired) electrons. The summed E-state index contributed by atoms with van der Waals surface area (Å²) in [5.41, 5.74) is 2.22. The van der Waals surface area contributed by atoms with E-state index in [9.17, 15) is 0 Å². The molecule has 106 valence electrons. The number of nitrogens with one attached hydrogen (secondary N) is 2. The summed E-state index contributed by atoms with van der Waals surface area (Å²) in [6.45, 7) is 2.89. The van der Waals surface area contributed by atoms with Gasteiger partial charge in [-0.3, -0.25) is 0 Å². The molecule has 6 nitrogen and oxygen atoms in total. The maximum absolute atomic E-state index is 5.45. The lowest BCUT2D eigenvalue weighted by molar-refractivity contribution is 0.493. The molecule has 1 saturated heterocycles. The van der Waals surface area contributed by atoms with Crippen LogP contribution in [-0.4, -0.2) is 30.3 Å². The van der Waals surface area contributed by atoms with E-state index in [0.29, 0.717) is 18.5 Å². The monoisotopic (exact) mass is 273 g/mol. The van der Waals surface area contributed by atoms with Gasteiger partial charge >= 0.3 is 6.01 Å². The maximum Gasteiger partial charge on any atom is 0.320 e. The van der Waals surface area contributed by atoms with E-state index >= 15 is 0 Å². The van der Waals surface area contributed by atoms with E-state index in [0.717, 1.165) is 18.8 Å². The van der Waals surface area contributed by atoms with Crippen LogP contribution < -0.4 is 15.5 Å². The van der Waals surface area contributed by atoms with Crippen molar-refractivity contribution < 1.29 is 4.42 Å². The number of anilines is 3. The van der Waals surface area contributed by atoms with E-state index < -0.39 is 0 Å². The first-order valence-electron chi connectivity index (χ1n) is 6.94. The Labute approximate surface area is 118 Å². The Morgan fingerprint density at radius 2 is 1.90 bits per heavy atom. The quantitative estimate of drug-likeness (QED) is 0.870. The van der Waals surface area contributed by atoms with E-state index in [1.54, 1.807) is 0 Å². The molecule has 20 heavy (non-hydrogen) atoms. The van der Waals surface area contributed by atoms with E-state index in [1.807, 2.05) is 19.2 Å². The molecule has 1 aromatic heterocycles. The molecule has 0 saturated carbocycles. The smallest absolute Gasteiger partial charge is 0.320 e. The molecule has 6 heteroatoms. The second-order valence-electron chi connectivity index (χ2n) is 4.90. The number of hydrogen-bond acceptors (Lipinski definition) is 6. The van der Waals surface area contributed by atoms with Gasteiger partial charge in [0.1, 0.15) is 0 Å². The second-order valence-corrected chi connectivity index (χ2v) is 4.90. The maximum atomic E-state index is 5.45. The van der Waals surface area contributed by atoms with Gasteiger partial charge in [-0.15, -0.1) is 5.10 Å². The largest absolute Gasteiger partial charge is 0.406 e. The Morgan fingerprint density at radius 3 is 2.60 bits per heavy atom. The Morgan fingerprint density at radius 1 is 1.15 bits per heavy atom. The summed E-state index contributed by atoms with van der Waals surface area (Å²) in [5, 5.41) is 14.0. The van der Waals surface area contributed by atoms with Gasteiger partial charge in [0.05, 0.1) is 6.54 Å². The third kappa shape index (κ3) is 2.91. The summed E-state index contributed by atoms with van der Waals surface area (Å²) < 4.78 is 5.45. The van der Waals surface area contributed by atoms with Gasteiger partial charge in [0, 0.05) is 24.5 Å². The molecular weight excluding hydrogens is 254 g/mol. The number of benzene rings is 1. The molecule has 2 aromatic rings. The fraction of sp³-hybridized carbons (Fsp3) is 0.429. The van der Waals surface area contributed by atoms with Gasteiger partial charge in [0.15, 0.2) is 0 Å². The standard InChI is InChI=1S/C14H19N5O/c1-15-10-13-17-18-14(20-13)16-11-4-6-12(7-5-11)19-8-2-3-9-19/h4-7,15H,2-3,8-10H2,1H3,(H,16,18). The summed E-state index contributed by atoms with van der Waals surface area (Å²) in [6, 6.07) is 8.74. The van der Waals surface area contributed by atoms with Crippen LogP contribution in [0, 0.1) is 0 Å². The Bertz CT molecular complexity index is 545. The van der Waals surface area contributed by atoms with Gasteiger partial charge in [-0.05, 0) is 44.2 Å². The Balaban J connectivity index is 1.64. The lowest BCUT2D eigenvalue weighted by Crippen LogP contribution is -2.17. The van der Waals surface area contributed by atoms with Crippen LogP contribution in [0.15, 0.2) is 28.7 Å². The Hall–Kier alpha value is -2.08. The zero-order chi connectivity index (χ0) is 13.8. The topological polar surface area (TPSA) is 66.2 Å². The number of rotatable bonds is 5. The third-order valence-electron chi connectivity index (χ3n) is 3.38. The molecule has 1 aliphatic rings. The van der Waals surface area contributed by atoms with Gasteiger partial charge in [0.25, 0.3) is 0 Å². The van der Waals surface area contributed by atoms with Crippen LogP contribution in [0.2, 0.25) is 0 Å². The molecular formula is C14H19N5O. The molecule has 0 amide bonds. The summed E-state index contributed by atoms with van der Waals surface area (Å²) in [7, 11) is 1.84. The number of nitrogens with zero attached hydrogens (tertiary/aromatic N) is 3. The van der Waals surface area contributed by atoms with Crippen molar-refractivity contribution in [2.45, 2.75) is 19.4 Å². The van der Waals surface area contributed by atoms with E-state index in [1.165, 1.54) is 18.5 Å². The molecule has 2 heterocycles. The molecule has 2 N–H and O–H groups in total. The van der Waals surface area contributed by atoms with Crippen LogP contribution in [0.25, 0.3) is 0 Å². The number of hydrogen-bond donors (Lipinski definition) is 2. The minimum Gasteiger partial charge on any atom is -0.406 e. The van der Waals surface area contributed by atoms with Crippen molar-refractivity contribution in [3.05, 3.63) is 30.2 Å². The van der Waals surface area contributed by atoms with Crippen molar-refractivity contribution in [1.82, 2.24) is 15.5 Å². The van der Waals surface area contributed by atoms with Crippen LogP contribution >= 0.6 is 0 Å². The molecule has 0 bridgehead atoms. The predicted octanol–water partition coefficient (Wildman–Crippen LogP) is 2.13.